The Hall–Kier alpha value is -0.760. The number of ether oxygens (including phenoxy) is 2. The zero-order chi connectivity index (χ0) is 33.8. The third kappa shape index (κ3) is 34.6. The lowest BCUT2D eigenvalue weighted by Crippen LogP contribution is -2.28. The first-order valence-electron chi connectivity index (χ1n) is 19.2. The molecule has 0 heterocycles. The molecule has 0 aromatic carbocycles. The fraction of sp³-hybridized carbons (Fsp3) is 0.919. The van der Waals surface area contributed by atoms with E-state index in [2.05, 4.69) is 26.0 Å². The molecule has 0 aromatic heterocycles. The molecule has 0 amide bonds. The standard InChI is InChI=1S/C37H74NO7P/c1-3-5-7-9-11-13-15-17-19-21-23-25-27-29-32-42-34-36(35-44-46(40,41)43-33-31-38)45-37(39)30-28-26-24-22-20-18-16-14-12-10-8-6-4-2/h14,16,36H,3-13,15,17-35,38H2,1-2H3,(H,40,41)/b16-14-. The first-order chi connectivity index (χ1) is 22.4. The fourth-order valence-electron chi connectivity index (χ4n) is 5.34. The second-order valence-corrected chi connectivity index (χ2v) is 14.2. The highest BCUT2D eigenvalue weighted by molar-refractivity contribution is 7.47. The van der Waals surface area contributed by atoms with Crippen LogP contribution in [0.2, 0.25) is 0 Å². The first kappa shape index (κ1) is 45.2. The van der Waals surface area contributed by atoms with E-state index in [9.17, 15) is 14.3 Å². The number of allylic oxidation sites excluding steroid dienone is 2. The number of unbranched alkanes of at least 4 members (excludes halogenated alkanes) is 22. The van der Waals surface area contributed by atoms with Crippen LogP contribution < -0.4 is 5.73 Å². The van der Waals surface area contributed by atoms with E-state index in [1.165, 1.54) is 116 Å². The number of esters is 1. The molecule has 274 valence electrons. The van der Waals surface area contributed by atoms with Gasteiger partial charge >= 0.3 is 13.8 Å². The van der Waals surface area contributed by atoms with Crippen molar-refractivity contribution in [2.24, 2.45) is 5.73 Å². The van der Waals surface area contributed by atoms with E-state index in [1.807, 2.05) is 0 Å². The summed E-state index contributed by atoms with van der Waals surface area (Å²) >= 11 is 0. The summed E-state index contributed by atoms with van der Waals surface area (Å²) in [6, 6.07) is 0. The van der Waals surface area contributed by atoms with Crippen LogP contribution in [0.5, 0.6) is 0 Å². The summed E-state index contributed by atoms with van der Waals surface area (Å²) in [5, 5.41) is 0. The topological polar surface area (TPSA) is 117 Å². The van der Waals surface area contributed by atoms with Gasteiger partial charge in [0, 0.05) is 19.6 Å². The highest BCUT2D eigenvalue weighted by atomic mass is 31.2. The molecule has 2 unspecified atom stereocenters. The third-order valence-electron chi connectivity index (χ3n) is 8.18. The lowest BCUT2D eigenvalue weighted by molar-refractivity contribution is -0.154. The zero-order valence-electron chi connectivity index (χ0n) is 30.1. The molecule has 0 aromatic rings. The molecule has 0 aliphatic rings. The molecule has 3 N–H and O–H groups in total. The van der Waals surface area contributed by atoms with Crippen molar-refractivity contribution in [1.82, 2.24) is 0 Å². The van der Waals surface area contributed by atoms with Gasteiger partial charge in [-0.2, -0.15) is 0 Å². The van der Waals surface area contributed by atoms with Gasteiger partial charge in [-0.15, -0.1) is 0 Å². The summed E-state index contributed by atoms with van der Waals surface area (Å²) in [6.45, 7) is 4.92. The predicted octanol–water partition coefficient (Wildman–Crippen LogP) is 10.7. The molecule has 0 aliphatic heterocycles. The Kier molecular flexibility index (Phi) is 35.0. The predicted molar refractivity (Wildman–Crippen MR) is 192 cm³/mol. The van der Waals surface area contributed by atoms with Crippen LogP contribution in [0.4, 0.5) is 0 Å². The van der Waals surface area contributed by atoms with Crippen molar-refractivity contribution in [3.8, 4) is 0 Å². The van der Waals surface area contributed by atoms with Gasteiger partial charge < -0.3 is 20.1 Å². The number of phosphoric acid groups is 1. The maximum absolute atomic E-state index is 12.5. The van der Waals surface area contributed by atoms with Gasteiger partial charge in [-0.1, -0.05) is 148 Å². The maximum Gasteiger partial charge on any atom is 0.472 e. The Labute approximate surface area is 283 Å². The van der Waals surface area contributed by atoms with Gasteiger partial charge in [0.2, 0.25) is 0 Å². The molecule has 0 bridgehead atoms. The summed E-state index contributed by atoms with van der Waals surface area (Å²) in [5.41, 5.74) is 5.35. The lowest BCUT2D eigenvalue weighted by atomic mass is 10.0. The number of carbonyl (C=O) groups excluding carboxylic acids is 1. The van der Waals surface area contributed by atoms with Gasteiger partial charge in [0.1, 0.15) is 6.10 Å². The number of carbonyl (C=O) groups is 1. The smallest absolute Gasteiger partial charge is 0.457 e. The minimum Gasteiger partial charge on any atom is -0.457 e. The molecule has 0 spiro atoms. The van der Waals surface area contributed by atoms with Crippen LogP contribution in [0.25, 0.3) is 0 Å². The highest BCUT2D eigenvalue weighted by Crippen LogP contribution is 2.43. The van der Waals surface area contributed by atoms with Crippen molar-refractivity contribution in [2.45, 2.75) is 187 Å². The average molecular weight is 676 g/mol. The second kappa shape index (κ2) is 35.5. The number of rotatable bonds is 37. The van der Waals surface area contributed by atoms with E-state index in [1.54, 1.807) is 0 Å². The van der Waals surface area contributed by atoms with Crippen molar-refractivity contribution in [3.05, 3.63) is 12.2 Å². The summed E-state index contributed by atoms with van der Waals surface area (Å²) < 4.78 is 33.3. The fourth-order valence-corrected chi connectivity index (χ4v) is 6.11. The molecule has 0 rings (SSSR count). The van der Waals surface area contributed by atoms with E-state index in [4.69, 9.17) is 24.3 Å². The monoisotopic (exact) mass is 676 g/mol. The van der Waals surface area contributed by atoms with Gasteiger partial charge in [0.25, 0.3) is 0 Å². The summed E-state index contributed by atoms with van der Waals surface area (Å²) in [5.74, 6) is -0.338. The molecule has 9 heteroatoms. The Bertz CT molecular complexity index is 722. The average Bonchev–Trinajstić information content (AvgIpc) is 3.04. The summed E-state index contributed by atoms with van der Waals surface area (Å²) in [7, 11) is -4.27. The quantitative estimate of drug-likeness (QED) is 0.0289. The van der Waals surface area contributed by atoms with Crippen LogP contribution >= 0.6 is 7.82 Å². The van der Waals surface area contributed by atoms with Gasteiger partial charge in [-0.3, -0.25) is 13.8 Å². The molecule has 0 radical (unpaired) electrons. The van der Waals surface area contributed by atoms with Crippen molar-refractivity contribution in [3.63, 3.8) is 0 Å². The van der Waals surface area contributed by atoms with E-state index in [0.717, 1.165) is 44.9 Å². The molecule has 8 nitrogen and oxygen atoms in total. The first-order valence-corrected chi connectivity index (χ1v) is 20.7. The van der Waals surface area contributed by atoms with Crippen molar-refractivity contribution in [2.75, 3.05) is 33.0 Å². The number of hydrogen-bond acceptors (Lipinski definition) is 7. The van der Waals surface area contributed by atoms with Gasteiger partial charge in [-0.25, -0.2) is 4.57 Å². The normalized spacial score (nSPS) is 13.7. The Morgan fingerprint density at radius 3 is 1.61 bits per heavy atom. The van der Waals surface area contributed by atoms with Crippen molar-refractivity contribution >= 4 is 13.8 Å². The molecule has 0 saturated heterocycles. The SMILES string of the molecule is CCCCCC/C=C\CCCCCCCC(=O)OC(COCCCCCCCCCCCCCCCC)COP(=O)(O)OCCN. The number of nitrogens with two attached hydrogens (primary N) is 1. The molecule has 0 fully saturated rings. The van der Waals surface area contributed by atoms with Crippen LogP contribution in [0.1, 0.15) is 181 Å². The Morgan fingerprint density at radius 1 is 0.630 bits per heavy atom. The third-order valence-corrected chi connectivity index (χ3v) is 9.17. The Morgan fingerprint density at radius 2 is 1.09 bits per heavy atom. The van der Waals surface area contributed by atoms with Crippen LogP contribution in [0, 0.1) is 0 Å². The van der Waals surface area contributed by atoms with E-state index in [0.29, 0.717) is 13.0 Å². The Balaban J connectivity index is 4.08. The van der Waals surface area contributed by atoms with Crippen LogP contribution in [-0.2, 0) is 27.9 Å². The van der Waals surface area contributed by atoms with Crippen LogP contribution in [0.3, 0.4) is 0 Å². The van der Waals surface area contributed by atoms with Gasteiger partial charge in [-0.05, 0) is 38.5 Å². The van der Waals surface area contributed by atoms with Crippen LogP contribution in [0.15, 0.2) is 12.2 Å². The molecular formula is C37H74NO7P. The van der Waals surface area contributed by atoms with Gasteiger partial charge in [0.05, 0.1) is 19.8 Å². The lowest BCUT2D eigenvalue weighted by Gasteiger charge is -2.20. The highest BCUT2D eigenvalue weighted by Gasteiger charge is 2.25. The summed E-state index contributed by atoms with van der Waals surface area (Å²) in [6.07, 6.45) is 35.0. The molecule has 2 atom stereocenters. The second-order valence-electron chi connectivity index (χ2n) is 12.8. The number of phosphoric ester groups is 1. The largest absolute Gasteiger partial charge is 0.472 e. The maximum atomic E-state index is 12.5. The van der Waals surface area contributed by atoms with E-state index in [-0.39, 0.29) is 32.3 Å². The minimum absolute atomic E-state index is 0.0941. The molecule has 0 aliphatic carbocycles. The molecular weight excluding hydrogens is 601 g/mol. The van der Waals surface area contributed by atoms with Crippen molar-refractivity contribution < 1.29 is 32.8 Å². The summed E-state index contributed by atoms with van der Waals surface area (Å²) in [4.78, 5) is 22.3. The molecule has 46 heavy (non-hydrogen) atoms. The minimum atomic E-state index is -4.27. The number of hydrogen-bond donors (Lipinski definition) is 2. The van der Waals surface area contributed by atoms with Crippen LogP contribution in [-0.4, -0.2) is 49.9 Å². The molecule has 0 saturated carbocycles. The van der Waals surface area contributed by atoms with E-state index >= 15 is 0 Å². The van der Waals surface area contributed by atoms with Crippen molar-refractivity contribution in [1.29, 1.82) is 0 Å². The van der Waals surface area contributed by atoms with Gasteiger partial charge in [0.15, 0.2) is 0 Å². The van der Waals surface area contributed by atoms with E-state index < -0.39 is 13.9 Å². The zero-order valence-corrected chi connectivity index (χ0v) is 31.0.